The fourth-order valence-electron chi connectivity index (χ4n) is 1.98. The monoisotopic (exact) mass is 255 g/mol. The molecule has 1 heterocycles. The van der Waals surface area contributed by atoms with E-state index in [9.17, 15) is 0 Å². The number of nitrogens with one attached hydrogen (secondary N) is 1. The molecule has 1 atom stereocenters. The minimum Gasteiger partial charge on any atom is -0.330 e. The molecule has 0 amide bonds. The predicted octanol–water partition coefficient (Wildman–Crippen LogP) is 2.55. The second kappa shape index (κ2) is 7.80. The van der Waals surface area contributed by atoms with E-state index in [2.05, 4.69) is 29.5 Å². The van der Waals surface area contributed by atoms with Crippen LogP contribution >= 0.6 is 11.3 Å². The summed E-state index contributed by atoms with van der Waals surface area (Å²) in [5.41, 5.74) is 6.90. The third-order valence-corrected chi connectivity index (χ3v) is 3.78. The van der Waals surface area contributed by atoms with Gasteiger partial charge in [0.25, 0.3) is 0 Å². The number of nitrogens with two attached hydrogens (primary N) is 1. The zero-order valence-corrected chi connectivity index (χ0v) is 12.0. The van der Waals surface area contributed by atoms with Gasteiger partial charge in [0.05, 0.1) is 0 Å². The molecule has 3 nitrogen and oxygen atoms in total. The van der Waals surface area contributed by atoms with Gasteiger partial charge in [0, 0.05) is 17.6 Å². The molecule has 0 aliphatic carbocycles. The van der Waals surface area contributed by atoms with Crippen LogP contribution in [-0.4, -0.2) is 18.1 Å². The zero-order chi connectivity index (χ0) is 12.7. The second-order valence-corrected chi connectivity index (χ2v) is 6.02. The summed E-state index contributed by atoms with van der Waals surface area (Å²) < 4.78 is 0. The molecule has 17 heavy (non-hydrogen) atoms. The van der Waals surface area contributed by atoms with Gasteiger partial charge < -0.3 is 11.1 Å². The van der Waals surface area contributed by atoms with Crippen molar-refractivity contribution in [1.82, 2.24) is 10.3 Å². The Morgan fingerprint density at radius 1 is 1.47 bits per heavy atom. The van der Waals surface area contributed by atoms with Crippen molar-refractivity contribution < 1.29 is 0 Å². The van der Waals surface area contributed by atoms with E-state index < -0.39 is 0 Å². The summed E-state index contributed by atoms with van der Waals surface area (Å²) in [6.45, 7) is 9.27. The number of aromatic nitrogens is 1. The minimum atomic E-state index is 0.653. The van der Waals surface area contributed by atoms with Crippen molar-refractivity contribution >= 4 is 11.3 Å². The quantitative estimate of drug-likeness (QED) is 0.702. The van der Waals surface area contributed by atoms with Crippen molar-refractivity contribution in [2.24, 2.45) is 17.6 Å². The molecule has 0 saturated heterocycles. The van der Waals surface area contributed by atoms with Gasteiger partial charge in [-0.05, 0) is 44.7 Å². The number of nitrogens with zero attached hydrogens (tertiary/aromatic N) is 1. The Bertz CT molecular complexity index is 309. The molecule has 0 bridgehead atoms. The third kappa shape index (κ3) is 6.15. The van der Waals surface area contributed by atoms with Crippen molar-refractivity contribution in [1.29, 1.82) is 0 Å². The topological polar surface area (TPSA) is 50.9 Å². The van der Waals surface area contributed by atoms with Crippen LogP contribution in [0.4, 0.5) is 0 Å². The van der Waals surface area contributed by atoms with E-state index in [1.165, 1.54) is 17.8 Å². The lowest BCUT2D eigenvalue weighted by Crippen LogP contribution is -2.23. The molecule has 0 aliphatic heterocycles. The first-order valence-corrected chi connectivity index (χ1v) is 7.31. The number of aryl methyl sites for hydroxylation is 1. The van der Waals surface area contributed by atoms with Gasteiger partial charge in [-0.25, -0.2) is 4.98 Å². The number of hydrogen-bond acceptors (Lipinski definition) is 4. The smallest absolute Gasteiger partial charge is 0.107 e. The van der Waals surface area contributed by atoms with Gasteiger partial charge in [-0.3, -0.25) is 0 Å². The van der Waals surface area contributed by atoms with E-state index in [1.54, 1.807) is 11.3 Å². The van der Waals surface area contributed by atoms with E-state index >= 15 is 0 Å². The molecule has 0 fully saturated rings. The van der Waals surface area contributed by atoms with Crippen LogP contribution in [0.1, 0.15) is 37.4 Å². The molecule has 1 aromatic rings. The van der Waals surface area contributed by atoms with Crippen LogP contribution in [0.2, 0.25) is 0 Å². The molecular weight excluding hydrogens is 230 g/mol. The molecule has 98 valence electrons. The van der Waals surface area contributed by atoms with Crippen molar-refractivity contribution in [2.45, 2.75) is 40.2 Å². The maximum absolute atomic E-state index is 5.78. The summed E-state index contributed by atoms with van der Waals surface area (Å²) in [6.07, 6.45) is 2.40. The highest BCUT2D eigenvalue weighted by molar-refractivity contribution is 7.09. The number of thiazole rings is 1. The Kier molecular flexibility index (Phi) is 6.70. The van der Waals surface area contributed by atoms with Gasteiger partial charge in [-0.2, -0.15) is 0 Å². The summed E-state index contributed by atoms with van der Waals surface area (Å²) in [5, 5.41) is 6.72. The molecule has 4 heteroatoms. The van der Waals surface area contributed by atoms with Gasteiger partial charge in [0.1, 0.15) is 5.01 Å². The lowest BCUT2D eigenvalue weighted by atomic mass is 9.94. The highest BCUT2D eigenvalue weighted by atomic mass is 32.1. The van der Waals surface area contributed by atoms with Crippen LogP contribution < -0.4 is 11.1 Å². The third-order valence-electron chi connectivity index (χ3n) is 2.81. The Hall–Kier alpha value is -0.450. The van der Waals surface area contributed by atoms with Crippen LogP contribution in [0.5, 0.6) is 0 Å². The summed E-state index contributed by atoms with van der Waals surface area (Å²) in [6, 6.07) is 0. The predicted molar refractivity (Wildman–Crippen MR) is 75.2 cm³/mol. The van der Waals surface area contributed by atoms with Crippen LogP contribution in [0, 0.1) is 18.8 Å². The summed E-state index contributed by atoms with van der Waals surface area (Å²) in [4.78, 5) is 4.43. The average molecular weight is 255 g/mol. The molecule has 0 saturated carbocycles. The fourth-order valence-corrected chi connectivity index (χ4v) is 2.73. The van der Waals surface area contributed by atoms with Gasteiger partial charge in [-0.15, -0.1) is 11.3 Å². The Labute approximate surface area is 109 Å². The lowest BCUT2D eigenvalue weighted by molar-refractivity contribution is 0.385. The first-order chi connectivity index (χ1) is 8.11. The standard InChI is InChI=1S/C13H25N3S/c1-10(2)6-12(7-14)4-5-15-8-13-16-11(3)9-17-13/h9-10,12,15H,4-8,14H2,1-3H3/t12-/m1/s1. The first kappa shape index (κ1) is 14.6. The molecule has 0 radical (unpaired) electrons. The van der Waals surface area contributed by atoms with Crippen LogP contribution in [0.15, 0.2) is 5.38 Å². The molecule has 0 aromatic carbocycles. The maximum atomic E-state index is 5.78. The maximum Gasteiger partial charge on any atom is 0.107 e. The number of hydrogen-bond donors (Lipinski definition) is 2. The molecule has 1 aromatic heterocycles. The van der Waals surface area contributed by atoms with E-state index in [0.717, 1.165) is 31.2 Å². The second-order valence-electron chi connectivity index (χ2n) is 5.08. The SMILES string of the molecule is Cc1csc(CNCC[C@@H](CN)CC(C)C)n1. The summed E-state index contributed by atoms with van der Waals surface area (Å²) >= 11 is 1.73. The van der Waals surface area contributed by atoms with Crippen LogP contribution in [0.3, 0.4) is 0 Å². The Morgan fingerprint density at radius 2 is 2.24 bits per heavy atom. The van der Waals surface area contributed by atoms with Crippen LogP contribution in [0.25, 0.3) is 0 Å². The molecule has 0 spiro atoms. The van der Waals surface area contributed by atoms with Crippen LogP contribution in [-0.2, 0) is 6.54 Å². The summed E-state index contributed by atoms with van der Waals surface area (Å²) in [7, 11) is 0. The molecule has 3 N–H and O–H groups in total. The number of rotatable bonds is 8. The molecular formula is C13H25N3S. The van der Waals surface area contributed by atoms with Gasteiger partial charge in [-0.1, -0.05) is 13.8 Å². The lowest BCUT2D eigenvalue weighted by Gasteiger charge is -2.16. The normalized spacial score (nSPS) is 13.2. The van der Waals surface area contributed by atoms with Crippen molar-refractivity contribution in [3.05, 3.63) is 16.1 Å². The zero-order valence-electron chi connectivity index (χ0n) is 11.2. The van der Waals surface area contributed by atoms with Crippen molar-refractivity contribution in [2.75, 3.05) is 13.1 Å². The minimum absolute atomic E-state index is 0.653. The summed E-state index contributed by atoms with van der Waals surface area (Å²) in [5.74, 6) is 1.39. The van der Waals surface area contributed by atoms with Gasteiger partial charge >= 0.3 is 0 Å². The highest BCUT2D eigenvalue weighted by Crippen LogP contribution is 2.13. The van der Waals surface area contributed by atoms with Crippen molar-refractivity contribution in [3.63, 3.8) is 0 Å². The van der Waals surface area contributed by atoms with Gasteiger partial charge in [0.15, 0.2) is 0 Å². The van der Waals surface area contributed by atoms with E-state index in [0.29, 0.717) is 5.92 Å². The average Bonchev–Trinajstić information content (AvgIpc) is 2.68. The molecule has 0 aliphatic rings. The Morgan fingerprint density at radius 3 is 2.76 bits per heavy atom. The largest absolute Gasteiger partial charge is 0.330 e. The Balaban J connectivity index is 2.14. The van der Waals surface area contributed by atoms with Crippen molar-refractivity contribution in [3.8, 4) is 0 Å². The molecule has 1 rings (SSSR count). The van der Waals surface area contributed by atoms with E-state index in [4.69, 9.17) is 5.73 Å². The van der Waals surface area contributed by atoms with E-state index in [-0.39, 0.29) is 0 Å². The highest BCUT2D eigenvalue weighted by Gasteiger charge is 2.08. The van der Waals surface area contributed by atoms with E-state index in [1.807, 2.05) is 6.92 Å². The first-order valence-electron chi connectivity index (χ1n) is 6.43. The van der Waals surface area contributed by atoms with Gasteiger partial charge in [0.2, 0.25) is 0 Å². The molecule has 0 unspecified atom stereocenters. The fraction of sp³-hybridized carbons (Fsp3) is 0.769.